The van der Waals surface area contributed by atoms with Crippen molar-refractivity contribution in [1.29, 1.82) is 5.26 Å². The molecular weight excluding hydrogens is 585 g/mol. The van der Waals surface area contributed by atoms with Gasteiger partial charge in [-0.1, -0.05) is 18.2 Å². The van der Waals surface area contributed by atoms with Crippen molar-refractivity contribution in [2.45, 2.75) is 71.0 Å². The van der Waals surface area contributed by atoms with E-state index in [4.69, 9.17) is 14.7 Å². The molecule has 0 spiro atoms. The van der Waals surface area contributed by atoms with Crippen LogP contribution in [0.1, 0.15) is 55.8 Å². The number of aromatic nitrogens is 2. The Labute approximate surface area is 269 Å². The number of halogens is 1. The average Bonchev–Trinajstić information content (AvgIpc) is 3.61. The number of nitriles is 1. The quantitative estimate of drug-likeness (QED) is 0.353. The van der Waals surface area contributed by atoms with E-state index >= 15 is 0 Å². The summed E-state index contributed by atoms with van der Waals surface area (Å²) < 4.78 is 21.2. The molecule has 3 aromatic rings. The first kappa shape index (κ1) is 30.5. The minimum Gasteiger partial charge on any atom is -0.465 e. The van der Waals surface area contributed by atoms with Crippen LogP contribution in [0.4, 0.5) is 20.7 Å². The maximum atomic E-state index is 14.7. The SMILES string of the molecule is Cc1c(F)ccc2cccc(N3CCc4c(nc(OCC5(CN6CCCC6)CC5)nc4N4C[C@H](CC#N)N(C(=O)O)[C@@H](C)C4)C3)c12. The van der Waals surface area contributed by atoms with Gasteiger partial charge in [-0.3, -0.25) is 4.90 Å². The summed E-state index contributed by atoms with van der Waals surface area (Å²) >= 11 is 0. The standard InChI is InChI=1S/C35H42FN7O3/c1-23-18-42(19-26(10-14-37)43(23)34(44)45)32-27-11-17-41(30-7-5-6-25-8-9-28(36)24(2)31(25)30)20-29(27)38-33(39-32)46-22-35(12-13-35)21-40-15-3-4-16-40/h5-9,23,26H,3-4,10-13,15-22H2,1-2H3,(H,44,45)/t23-,26-/m0/s1. The van der Waals surface area contributed by atoms with Gasteiger partial charge in [0.25, 0.3) is 0 Å². The number of fused-ring (bicyclic) bond motifs is 2. The number of aryl methyl sites for hydroxylation is 1. The van der Waals surface area contributed by atoms with Crippen LogP contribution >= 0.6 is 0 Å². The Bertz CT molecular complexity index is 1680. The van der Waals surface area contributed by atoms with Crippen molar-refractivity contribution < 1.29 is 19.0 Å². The van der Waals surface area contributed by atoms with Crippen LogP contribution in [0.3, 0.4) is 0 Å². The second-order valence-corrected chi connectivity index (χ2v) is 13.7. The average molecular weight is 628 g/mol. The van der Waals surface area contributed by atoms with Gasteiger partial charge in [-0.05, 0) is 82.1 Å². The van der Waals surface area contributed by atoms with Crippen LogP contribution in [-0.4, -0.2) is 88.9 Å². The van der Waals surface area contributed by atoms with Crippen molar-refractivity contribution in [2.24, 2.45) is 5.41 Å². The molecule has 1 N–H and O–H groups in total. The fraction of sp³-hybridized carbons (Fsp3) is 0.543. The molecule has 0 bridgehead atoms. The smallest absolute Gasteiger partial charge is 0.407 e. The number of hydrogen-bond donors (Lipinski definition) is 1. The van der Waals surface area contributed by atoms with E-state index < -0.39 is 12.1 Å². The van der Waals surface area contributed by atoms with Crippen molar-refractivity contribution in [3.63, 3.8) is 0 Å². The molecule has 4 aliphatic rings. The summed E-state index contributed by atoms with van der Waals surface area (Å²) in [5, 5.41) is 21.4. The first-order chi connectivity index (χ1) is 22.2. The molecule has 0 radical (unpaired) electrons. The number of rotatable bonds is 8. The second-order valence-electron chi connectivity index (χ2n) is 13.7. The molecular formula is C35H42FN7O3. The van der Waals surface area contributed by atoms with Gasteiger partial charge in [-0.15, -0.1) is 0 Å². The molecule has 0 unspecified atom stereocenters. The molecule has 242 valence electrons. The van der Waals surface area contributed by atoms with Crippen LogP contribution in [-0.2, 0) is 13.0 Å². The zero-order chi connectivity index (χ0) is 32.0. The van der Waals surface area contributed by atoms with Gasteiger partial charge in [-0.2, -0.15) is 15.2 Å². The van der Waals surface area contributed by atoms with Crippen LogP contribution in [0.15, 0.2) is 30.3 Å². The molecule has 10 nitrogen and oxygen atoms in total. The largest absolute Gasteiger partial charge is 0.465 e. The van der Waals surface area contributed by atoms with Gasteiger partial charge in [0.05, 0.1) is 43.4 Å². The van der Waals surface area contributed by atoms with Crippen molar-refractivity contribution in [2.75, 3.05) is 55.7 Å². The van der Waals surface area contributed by atoms with E-state index in [0.29, 0.717) is 50.8 Å². The number of likely N-dealkylation sites (tertiary alicyclic amines) is 1. The molecule has 1 aromatic heterocycles. The Hall–Kier alpha value is -4.17. The highest BCUT2D eigenvalue weighted by atomic mass is 19.1. The van der Waals surface area contributed by atoms with Gasteiger partial charge in [-0.25, -0.2) is 9.18 Å². The number of carbonyl (C=O) groups is 1. The summed E-state index contributed by atoms with van der Waals surface area (Å²) in [4.78, 5) is 30.5. The fourth-order valence-corrected chi connectivity index (χ4v) is 7.82. The number of ether oxygens (including phenoxy) is 1. The summed E-state index contributed by atoms with van der Waals surface area (Å²) in [5.41, 5.74) is 3.64. The molecule has 2 saturated heterocycles. The highest BCUT2D eigenvalue weighted by Gasteiger charge is 2.45. The Morgan fingerprint density at radius 2 is 1.93 bits per heavy atom. The lowest BCUT2D eigenvalue weighted by atomic mass is 9.98. The molecule has 2 aromatic carbocycles. The lowest BCUT2D eigenvalue weighted by Gasteiger charge is -2.45. The zero-order valence-electron chi connectivity index (χ0n) is 26.7. The molecule has 4 heterocycles. The van der Waals surface area contributed by atoms with E-state index in [1.54, 1.807) is 0 Å². The normalized spacial score (nSPS) is 22.5. The highest BCUT2D eigenvalue weighted by Crippen LogP contribution is 2.47. The lowest BCUT2D eigenvalue weighted by molar-refractivity contribution is 0.0937. The Morgan fingerprint density at radius 3 is 2.67 bits per heavy atom. The van der Waals surface area contributed by atoms with E-state index in [1.807, 2.05) is 38.1 Å². The van der Waals surface area contributed by atoms with Gasteiger partial charge in [0.2, 0.25) is 0 Å². The van der Waals surface area contributed by atoms with Gasteiger partial charge in [0.1, 0.15) is 11.6 Å². The summed E-state index contributed by atoms with van der Waals surface area (Å²) in [6.07, 6.45) is 4.56. The molecule has 7 rings (SSSR count). The van der Waals surface area contributed by atoms with E-state index in [2.05, 4.69) is 20.8 Å². The number of nitrogens with zero attached hydrogens (tertiary/aromatic N) is 7. The van der Waals surface area contributed by atoms with E-state index in [1.165, 1.54) is 23.8 Å². The first-order valence-electron chi connectivity index (χ1n) is 16.6. The van der Waals surface area contributed by atoms with Crippen molar-refractivity contribution in [1.82, 2.24) is 19.8 Å². The third-order valence-electron chi connectivity index (χ3n) is 10.4. The van der Waals surface area contributed by atoms with Crippen LogP contribution < -0.4 is 14.5 Å². The summed E-state index contributed by atoms with van der Waals surface area (Å²) in [5.74, 6) is 0.547. The molecule has 1 saturated carbocycles. The Kier molecular flexibility index (Phi) is 8.09. The fourth-order valence-electron chi connectivity index (χ4n) is 7.82. The maximum absolute atomic E-state index is 14.7. The van der Waals surface area contributed by atoms with Gasteiger partial charge < -0.3 is 24.5 Å². The van der Waals surface area contributed by atoms with Gasteiger partial charge in [0.15, 0.2) is 0 Å². The van der Waals surface area contributed by atoms with Gasteiger partial charge >= 0.3 is 12.1 Å². The molecule has 3 fully saturated rings. The number of carboxylic acid groups (broad SMARTS) is 1. The number of amides is 1. The Balaban J connectivity index is 1.22. The summed E-state index contributed by atoms with van der Waals surface area (Å²) in [7, 11) is 0. The minimum atomic E-state index is -1.01. The number of benzene rings is 2. The first-order valence-corrected chi connectivity index (χ1v) is 16.6. The van der Waals surface area contributed by atoms with Crippen LogP contribution in [0, 0.1) is 29.5 Å². The summed E-state index contributed by atoms with van der Waals surface area (Å²) in [6.45, 7) is 9.67. The van der Waals surface area contributed by atoms with E-state index in [0.717, 1.165) is 66.0 Å². The minimum absolute atomic E-state index is 0.105. The topological polar surface area (TPSA) is 109 Å². The molecule has 2 atom stereocenters. The van der Waals surface area contributed by atoms with Gasteiger partial charge in [0, 0.05) is 48.2 Å². The Morgan fingerprint density at radius 1 is 1.13 bits per heavy atom. The number of hydrogen-bond acceptors (Lipinski definition) is 8. The molecule has 1 aliphatic carbocycles. The second kappa shape index (κ2) is 12.2. The summed E-state index contributed by atoms with van der Waals surface area (Å²) in [6, 6.07) is 11.2. The number of anilines is 2. The number of piperazine rings is 1. The zero-order valence-corrected chi connectivity index (χ0v) is 26.7. The van der Waals surface area contributed by atoms with E-state index in [9.17, 15) is 19.6 Å². The lowest BCUT2D eigenvalue weighted by Crippen LogP contribution is -2.59. The third-order valence-corrected chi connectivity index (χ3v) is 10.4. The highest BCUT2D eigenvalue weighted by molar-refractivity contribution is 5.97. The van der Waals surface area contributed by atoms with Crippen molar-refractivity contribution >= 4 is 28.4 Å². The molecule has 46 heavy (non-hydrogen) atoms. The van der Waals surface area contributed by atoms with Crippen LogP contribution in [0.5, 0.6) is 6.01 Å². The van der Waals surface area contributed by atoms with Crippen molar-refractivity contribution in [3.05, 3.63) is 53.0 Å². The predicted molar refractivity (Wildman–Crippen MR) is 174 cm³/mol. The van der Waals surface area contributed by atoms with E-state index in [-0.39, 0.29) is 23.7 Å². The molecule has 3 aliphatic heterocycles. The predicted octanol–water partition coefficient (Wildman–Crippen LogP) is 5.37. The van der Waals surface area contributed by atoms with Crippen LogP contribution in [0.25, 0.3) is 10.8 Å². The monoisotopic (exact) mass is 627 g/mol. The maximum Gasteiger partial charge on any atom is 0.407 e. The molecule has 1 amide bonds. The third kappa shape index (κ3) is 5.79. The van der Waals surface area contributed by atoms with Crippen LogP contribution in [0.2, 0.25) is 0 Å². The van der Waals surface area contributed by atoms with Crippen molar-refractivity contribution in [3.8, 4) is 12.1 Å². The molecule has 11 heteroatoms.